The number of benzene rings is 1. The van der Waals surface area contributed by atoms with Gasteiger partial charge in [0.2, 0.25) is 0 Å². The van der Waals surface area contributed by atoms with E-state index in [1.165, 1.54) is 17.0 Å². The molecule has 8 nitrogen and oxygen atoms in total. The summed E-state index contributed by atoms with van der Waals surface area (Å²) >= 11 is 0. The van der Waals surface area contributed by atoms with Crippen molar-refractivity contribution < 1.29 is 19.6 Å². The average molecular weight is 309 g/mol. The first-order valence-electron chi connectivity index (χ1n) is 6.77. The molecule has 8 heteroatoms. The summed E-state index contributed by atoms with van der Waals surface area (Å²) in [5.74, 6) is -1.32. The Balaban J connectivity index is 3.04. The maximum atomic E-state index is 12.4. The molecule has 22 heavy (non-hydrogen) atoms. The molecule has 0 aromatic heterocycles. The highest BCUT2D eigenvalue weighted by atomic mass is 16.6. The van der Waals surface area contributed by atoms with Crippen molar-refractivity contribution in [1.29, 1.82) is 0 Å². The standard InChI is InChI=1S/C14H19N3O5/c1-9(2)8-16(6-5-13(18)19)14(20)10-3-4-11(15)12(7-10)17(21)22/h3-4,7,9H,5-6,8,15H2,1-2H3,(H,18,19). The van der Waals surface area contributed by atoms with Gasteiger partial charge in [-0.15, -0.1) is 0 Å². The van der Waals surface area contributed by atoms with Crippen LogP contribution in [0.25, 0.3) is 0 Å². The second-order valence-corrected chi connectivity index (χ2v) is 5.32. The molecule has 1 aromatic rings. The van der Waals surface area contributed by atoms with E-state index in [-0.39, 0.29) is 35.8 Å². The Morgan fingerprint density at radius 3 is 2.55 bits per heavy atom. The van der Waals surface area contributed by atoms with Crippen LogP contribution in [0.4, 0.5) is 11.4 Å². The zero-order valence-corrected chi connectivity index (χ0v) is 12.5. The number of nitrogens with two attached hydrogens (primary N) is 1. The van der Waals surface area contributed by atoms with Crippen LogP contribution in [0.2, 0.25) is 0 Å². The van der Waals surface area contributed by atoms with Gasteiger partial charge in [0, 0.05) is 24.7 Å². The van der Waals surface area contributed by atoms with Crippen LogP contribution in [0.15, 0.2) is 18.2 Å². The third kappa shape index (κ3) is 4.72. The van der Waals surface area contributed by atoms with Crippen LogP contribution in [-0.2, 0) is 4.79 Å². The zero-order chi connectivity index (χ0) is 16.9. The third-order valence-electron chi connectivity index (χ3n) is 2.94. The average Bonchev–Trinajstić information content (AvgIpc) is 2.42. The Morgan fingerprint density at radius 2 is 2.05 bits per heavy atom. The van der Waals surface area contributed by atoms with E-state index in [9.17, 15) is 19.7 Å². The lowest BCUT2D eigenvalue weighted by atomic mass is 10.1. The number of rotatable bonds is 7. The first kappa shape index (κ1) is 17.4. The first-order valence-corrected chi connectivity index (χ1v) is 6.77. The number of carbonyl (C=O) groups excluding carboxylic acids is 1. The monoisotopic (exact) mass is 309 g/mol. The summed E-state index contributed by atoms with van der Waals surface area (Å²) in [5.41, 5.74) is 5.25. The molecule has 0 unspecified atom stereocenters. The van der Waals surface area contributed by atoms with Crippen molar-refractivity contribution >= 4 is 23.3 Å². The molecular weight excluding hydrogens is 290 g/mol. The molecule has 120 valence electrons. The molecule has 0 saturated carbocycles. The molecule has 0 heterocycles. The van der Waals surface area contributed by atoms with E-state index in [2.05, 4.69) is 0 Å². The highest BCUT2D eigenvalue weighted by Gasteiger charge is 2.21. The fourth-order valence-electron chi connectivity index (χ4n) is 1.96. The Bertz CT molecular complexity index is 586. The number of carbonyl (C=O) groups is 2. The SMILES string of the molecule is CC(C)CN(CCC(=O)O)C(=O)c1ccc(N)c([N+](=O)[O-])c1. The summed E-state index contributed by atoms with van der Waals surface area (Å²) in [6.07, 6.45) is -0.185. The molecule has 0 saturated heterocycles. The van der Waals surface area contributed by atoms with Crippen molar-refractivity contribution in [3.63, 3.8) is 0 Å². The van der Waals surface area contributed by atoms with Gasteiger partial charge in [-0.2, -0.15) is 0 Å². The Kier molecular flexibility index (Phi) is 5.85. The number of nitrogen functional groups attached to an aromatic ring is 1. The minimum absolute atomic E-state index is 0.0255. The normalized spacial score (nSPS) is 10.5. The number of amides is 1. The van der Waals surface area contributed by atoms with Crippen LogP contribution >= 0.6 is 0 Å². The minimum atomic E-state index is -1.01. The Hall–Kier alpha value is -2.64. The number of nitro benzene ring substituents is 1. The van der Waals surface area contributed by atoms with Gasteiger partial charge in [-0.1, -0.05) is 13.8 Å². The van der Waals surface area contributed by atoms with Gasteiger partial charge in [0.15, 0.2) is 0 Å². The summed E-state index contributed by atoms with van der Waals surface area (Å²) in [6, 6.07) is 3.82. The van der Waals surface area contributed by atoms with Gasteiger partial charge >= 0.3 is 5.97 Å². The highest BCUT2D eigenvalue weighted by Crippen LogP contribution is 2.23. The number of carboxylic acid groups (broad SMARTS) is 1. The summed E-state index contributed by atoms with van der Waals surface area (Å²) in [6.45, 7) is 4.20. The van der Waals surface area contributed by atoms with Crippen molar-refractivity contribution in [2.75, 3.05) is 18.8 Å². The van der Waals surface area contributed by atoms with E-state index in [0.29, 0.717) is 6.54 Å². The molecular formula is C14H19N3O5. The number of nitrogens with zero attached hydrogens (tertiary/aromatic N) is 2. The van der Waals surface area contributed by atoms with Crippen LogP contribution < -0.4 is 5.73 Å². The van der Waals surface area contributed by atoms with Crippen LogP contribution in [-0.4, -0.2) is 39.9 Å². The molecule has 0 fully saturated rings. The molecule has 0 aliphatic carbocycles. The summed E-state index contributed by atoms with van der Waals surface area (Å²) in [4.78, 5) is 34.8. The van der Waals surface area contributed by atoms with E-state index in [0.717, 1.165) is 6.07 Å². The fourth-order valence-corrected chi connectivity index (χ4v) is 1.96. The van der Waals surface area contributed by atoms with Gasteiger partial charge in [-0.25, -0.2) is 0 Å². The van der Waals surface area contributed by atoms with E-state index >= 15 is 0 Å². The van der Waals surface area contributed by atoms with Gasteiger partial charge in [-0.3, -0.25) is 19.7 Å². The molecule has 3 N–H and O–H groups in total. The summed E-state index contributed by atoms with van der Waals surface area (Å²) in [5, 5.41) is 19.6. The first-order chi connectivity index (χ1) is 10.2. The van der Waals surface area contributed by atoms with Gasteiger partial charge in [0.25, 0.3) is 11.6 Å². The Labute approximate surface area is 127 Å². The Morgan fingerprint density at radius 1 is 1.41 bits per heavy atom. The molecule has 0 aliphatic rings. The highest BCUT2D eigenvalue weighted by molar-refractivity contribution is 5.95. The second kappa shape index (κ2) is 7.39. The van der Waals surface area contributed by atoms with Crippen molar-refractivity contribution in [2.24, 2.45) is 5.92 Å². The van der Waals surface area contributed by atoms with Gasteiger partial charge in [-0.05, 0) is 18.1 Å². The van der Waals surface area contributed by atoms with Crippen LogP contribution in [0.1, 0.15) is 30.6 Å². The smallest absolute Gasteiger partial charge is 0.305 e. The topological polar surface area (TPSA) is 127 Å². The maximum Gasteiger partial charge on any atom is 0.305 e. The molecule has 1 rings (SSSR count). The predicted molar refractivity (Wildman–Crippen MR) is 80.5 cm³/mol. The maximum absolute atomic E-state index is 12.4. The van der Waals surface area contributed by atoms with Crippen LogP contribution in [0.3, 0.4) is 0 Å². The predicted octanol–water partition coefficient (Wildman–Crippen LogP) is 1.75. The van der Waals surface area contributed by atoms with Gasteiger partial charge in [0.05, 0.1) is 11.3 Å². The van der Waals surface area contributed by atoms with E-state index in [1.807, 2.05) is 13.8 Å². The summed E-state index contributed by atoms with van der Waals surface area (Å²) < 4.78 is 0. The molecule has 0 atom stereocenters. The lowest BCUT2D eigenvalue weighted by molar-refractivity contribution is -0.383. The van der Waals surface area contributed by atoms with E-state index in [1.54, 1.807) is 0 Å². The third-order valence-corrected chi connectivity index (χ3v) is 2.94. The van der Waals surface area contributed by atoms with Crippen molar-refractivity contribution in [2.45, 2.75) is 20.3 Å². The fraction of sp³-hybridized carbons (Fsp3) is 0.429. The number of carboxylic acids is 1. The molecule has 0 aliphatic heterocycles. The molecule has 0 radical (unpaired) electrons. The summed E-state index contributed by atoms with van der Waals surface area (Å²) in [7, 11) is 0. The quantitative estimate of drug-likeness (QED) is 0.449. The zero-order valence-electron chi connectivity index (χ0n) is 12.5. The van der Waals surface area contributed by atoms with Gasteiger partial charge < -0.3 is 15.7 Å². The van der Waals surface area contributed by atoms with Crippen molar-refractivity contribution in [1.82, 2.24) is 4.90 Å². The molecule has 1 aromatic carbocycles. The van der Waals surface area contributed by atoms with E-state index in [4.69, 9.17) is 10.8 Å². The van der Waals surface area contributed by atoms with Crippen LogP contribution in [0.5, 0.6) is 0 Å². The minimum Gasteiger partial charge on any atom is -0.481 e. The molecule has 1 amide bonds. The number of aliphatic carboxylic acids is 1. The largest absolute Gasteiger partial charge is 0.481 e. The van der Waals surface area contributed by atoms with Crippen LogP contribution in [0, 0.1) is 16.0 Å². The van der Waals surface area contributed by atoms with Crippen molar-refractivity contribution in [3.05, 3.63) is 33.9 Å². The lowest BCUT2D eigenvalue weighted by Gasteiger charge is -2.24. The number of hydrogen-bond acceptors (Lipinski definition) is 5. The number of hydrogen-bond donors (Lipinski definition) is 2. The number of nitro groups is 1. The second-order valence-electron chi connectivity index (χ2n) is 5.32. The molecule has 0 spiro atoms. The lowest BCUT2D eigenvalue weighted by Crippen LogP contribution is -2.36. The van der Waals surface area contributed by atoms with Crippen molar-refractivity contribution in [3.8, 4) is 0 Å². The van der Waals surface area contributed by atoms with E-state index < -0.39 is 16.8 Å². The van der Waals surface area contributed by atoms with Gasteiger partial charge in [0.1, 0.15) is 5.69 Å². The number of anilines is 1. The molecule has 0 bridgehead atoms.